The van der Waals surface area contributed by atoms with Crippen LogP contribution in [0.2, 0.25) is 0 Å². The van der Waals surface area contributed by atoms with Crippen molar-refractivity contribution in [3.8, 4) is 5.75 Å². The van der Waals surface area contributed by atoms with Crippen LogP contribution in [0.15, 0.2) is 24.3 Å². The number of para-hydroxylation sites is 1. The molecule has 0 saturated heterocycles. The first-order valence-corrected chi connectivity index (χ1v) is 6.50. The van der Waals surface area contributed by atoms with Crippen LogP contribution < -0.4 is 4.74 Å². The summed E-state index contributed by atoms with van der Waals surface area (Å²) in [5.41, 5.74) is 0.963. The standard InChI is InChI=1S/C14H18N2O4/c1-15(7-6-13(17)18)14(19)16-8-9-20-12-5-3-2-4-11(12)10-16/h2-5H,6-10H2,1H3,(H,17,18). The fourth-order valence-electron chi connectivity index (χ4n) is 2.09. The first kappa shape index (κ1) is 14.2. The topological polar surface area (TPSA) is 70.1 Å². The van der Waals surface area contributed by atoms with E-state index in [1.54, 1.807) is 11.9 Å². The summed E-state index contributed by atoms with van der Waals surface area (Å²) in [7, 11) is 1.61. The average molecular weight is 278 g/mol. The van der Waals surface area contributed by atoms with Crippen molar-refractivity contribution in [2.24, 2.45) is 0 Å². The number of carbonyl (C=O) groups excluding carboxylic acids is 1. The number of fused-ring (bicyclic) bond motifs is 1. The highest BCUT2D eigenvalue weighted by molar-refractivity contribution is 5.75. The number of carboxylic acids is 1. The van der Waals surface area contributed by atoms with Crippen molar-refractivity contribution in [2.75, 3.05) is 26.7 Å². The van der Waals surface area contributed by atoms with Crippen molar-refractivity contribution in [1.82, 2.24) is 9.80 Å². The number of carboxylic acid groups (broad SMARTS) is 1. The molecule has 0 spiro atoms. The number of hydrogen-bond acceptors (Lipinski definition) is 3. The Kier molecular flexibility index (Phi) is 4.45. The van der Waals surface area contributed by atoms with E-state index in [0.717, 1.165) is 11.3 Å². The van der Waals surface area contributed by atoms with Crippen LogP contribution in [-0.4, -0.2) is 53.7 Å². The van der Waals surface area contributed by atoms with E-state index in [9.17, 15) is 9.59 Å². The van der Waals surface area contributed by atoms with Crippen LogP contribution in [0.3, 0.4) is 0 Å². The van der Waals surface area contributed by atoms with Gasteiger partial charge in [-0.05, 0) is 6.07 Å². The first-order chi connectivity index (χ1) is 9.58. The summed E-state index contributed by atoms with van der Waals surface area (Å²) < 4.78 is 5.60. The molecule has 20 heavy (non-hydrogen) atoms. The van der Waals surface area contributed by atoms with E-state index in [0.29, 0.717) is 19.7 Å². The number of aliphatic carboxylic acids is 1. The molecule has 0 fully saturated rings. The fraction of sp³-hybridized carbons (Fsp3) is 0.429. The van der Waals surface area contributed by atoms with Gasteiger partial charge in [0, 0.05) is 19.2 Å². The Bertz CT molecular complexity index is 504. The van der Waals surface area contributed by atoms with Gasteiger partial charge in [-0.1, -0.05) is 18.2 Å². The number of ether oxygens (including phenoxy) is 1. The van der Waals surface area contributed by atoms with Gasteiger partial charge in [-0.25, -0.2) is 4.79 Å². The summed E-state index contributed by atoms with van der Waals surface area (Å²) in [4.78, 5) is 25.9. The van der Waals surface area contributed by atoms with E-state index in [2.05, 4.69) is 0 Å². The smallest absolute Gasteiger partial charge is 0.320 e. The summed E-state index contributed by atoms with van der Waals surface area (Å²) in [6.45, 7) is 1.61. The van der Waals surface area contributed by atoms with Gasteiger partial charge in [0.1, 0.15) is 12.4 Å². The summed E-state index contributed by atoms with van der Waals surface area (Å²) in [5, 5.41) is 8.66. The second-order valence-corrected chi connectivity index (χ2v) is 4.73. The van der Waals surface area contributed by atoms with Crippen molar-refractivity contribution in [1.29, 1.82) is 0 Å². The Balaban J connectivity index is 2.02. The molecule has 1 aromatic carbocycles. The molecular weight excluding hydrogens is 260 g/mol. The second-order valence-electron chi connectivity index (χ2n) is 4.73. The zero-order valence-corrected chi connectivity index (χ0v) is 11.4. The van der Waals surface area contributed by atoms with Gasteiger partial charge in [-0.2, -0.15) is 0 Å². The van der Waals surface area contributed by atoms with E-state index < -0.39 is 5.97 Å². The van der Waals surface area contributed by atoms with Crippen molar-refractivity contribution < 1.29 is 19.4 Å². The van der Waals surface area contributed by atoms with Gasteiger partial charge in [0.25, 0.3) is 0 Å². The van der Waals surface area contributed by atoms with Gasteiger partial charge < -0.3 is 19.6 Å². The highest BCUT2D eigenvalue weighted by Gasteiger charge is 2.22. The number of rotatable bonds is 3. The monoisotopic (exact) mass is 278 g/mol. The third-order valence-corrected chi connectivity index (χ3v) is 3.21. The summed E-state index contributed by atoms with van der Waals surface area (Å²) >= 11 is 0. The second kappa shape index (κ2) is 6.27. The molecule has 1 aliphatic heterocycles. The molecule has 1 aromatic rings. The highest BCUT2D eigenvalue weighted by atomic mass is 16.5. The first-order valence-electron chi connectivity index (χ1n) is 6.50. The molecule has 0 atom stereocenters. The summed E-state index contributed by atoms with van der Waals surface area (Å²) in [6, 6.07) is 7.45. The molecule has 0 saturated carbocycles. The summed E-state index contributed by atoms with van der Waals surface area (Å²) in [5.74, 6) is -0.106. The molecule has 6 nitrogen and oxygen atoms in total. The minimum atomic E-state index is -0.908. The SMILES string of the molecule is CN(CCC(=O)O)C(=O)N1CCOc2ccccc2C1. The molecule has 108 valence electrons. The number of amides is 2. The Labute approximate surface area is 117 Å². The van der Waals surface area contributed by atoms with Crippen LogP contribution in [0.1, 0.15) is 12.0 Å². The maximum atomic E-state index is 12.3. The maximum absolute atomic E-state index is 12.3. The van der Waals surface area contributed by atoms with Gasteiger partial charge in [-0.3, -0.25) is 4.79 Å². The molecule has 0 radical (unpaired) electrons. The van der Waals surface area contributed by atoms with Crippen molar-refractivity contribution in [2.45, 2.75) is 13.0 Å². The predicted molar refractivity (Wildman–Crippen MR) is 72.6 cm³/mol. The average Bonchev–Trinajstić information content (AvgIpc) is 2.65. The van der Waals surface area contributed by atoms with Crippen LogP contribution >= 0.6 is 0 Å². The number of carbonyl (C=O) groups is 2. The van der Waals surface area contributed by atoms with Crippen molar-refractivity contribution >= 4 is 12.0 Å². The van der Waals surface area contributed by atoms with Crippen LogP contribution in [0.25, 0.3) is 0 Å². The number of urea groups is 1. The molecule has 2 amide bonds. The quantitative estimate of drug-likeness (QED) is 0.907. The number of nitrogens with zero attached hydrogens (tertiary/aromatic N) is 2. The molecular formula is C14H18N2O4. The predicted octanol–water partition coefficient (Wildman–Crippen LogP) is 1.41. The van der Waals surface area contributed by atoms with E-state index in [-0.39, 0.29) is 19.0 Å². The Hall–Kier alpha value is -2.24. The van der Waals surface area contributed by atoms with E-state index in [1.807, 2.05) is 24.3 Å². The maximum Gasteiger partial charge on any atom is 0.320 e. The van der Waals surface area contributed by atoms with Crippen LogP contribution in [-0.2, 0) is 11.3 Å². The third-order valence-electron chi connectivity index (χ3n) is 3.21. The van der Waals surface area contributed by atoms with E-state index >= 15 is 0 Å². The molecule has 1 aliphatic rings. The zero-order chi connectivity index (χ0) is 14.5. The number of benzene rings is 1. The molecule has 0 bridgehead atoms. The lowest BCUT2D eigenvalue weighted by Gasteiger charge is -2.26. The third kappa shape index (κ3) is 3.40. The lowest BCUT2D eigenvalue weighted by molar-refractivity contribution is -0.137. The van der Waals surface area contributed by atoms with Gasteiger partial charge in [0.2, 0.25) is 0 Å². The van der Waals surface area contributed by atoms with E-state index in [1.165, 1.54) is 4.90 Å². The molecule has 6 heteroatoms. The van der Waals surface area contributed by atoms with E-state index in [4.69, 9.17) is 9.84 Å². The zero-order valence-electron chi connectivity index (χ0n) is 11.4. The van der Waals surface area contributed by atoms with Crippen LogP contribution in [0.4, 0.5) is 4.79 Å². The van der Waals surface area contributed by atoms with Gasteiger partial charge in [-0.15, -0.1) is 0 Å². The largest absolute Gasteiger partial charge is 0.491 e. The molecule has 0 aliphatic carbocycles. The number of hydrogen-bond donors (Lipinski definition) is 1. The van der Waals surface area contributed by atoms with Crippen LogP contribution in [0.5, 0.6) is 5.75 Å². The van der Waals surface area contributed by atoms with Crippen molar-refractivity contribution in [3.05, 3.63) is 29.8 Å². The van der Waals surface area contributed by atoms with Gasteiger partial charge in [0.05, 0.1) is 19.5 Å². The molecule has 0 aromatic heterocycles. The minimum Gasteiger partial charge on any atom is -0.491 e. The molecule has 2 rings (SSSR count). The molecule has 1 N–H and O–H groups in total. The molecule has 1 heterocycles. The fourth-order valence-corrected chi connectivity index (χ4v) is 2.09. The Morgan fingerprint density at radius 1 is 1.40 bits per heavy atom. The Morgan fingerprint density at radius 3 is 2.90 bits per heavy atom. The van der Waals surface area contributed by atoms with Crippen molar-refractivity contribution in [3.63, 3.8) is 0 Å². The van der Waals surface area contributed by atoms with Gasteiger partial charge in [0.15, 0.2) is 0 Å². The van der Waals surface area contributed by atoms with Crippen LogP contribution in [0, 0.1) is 0 Å². The molecule has 0 unspecified atom stereocenters. The van der Waals surface area contributed by atoms with Gasteiger partial charge >= 0.3 is 12.0 Å². The normalized spacial score (nSPS) is 13.9. The minimum absolute atomic E-state index is 0.0524. The highest BCUT2D eigenvalue weighted by Crippen LogP contribution is 2.22. The Morgan fingerprint density at radius 2 is 2.15 bits per heavy atom. The lowest BCUT2D eigenvalue weighted by atomic mass is 10.2. The lowest BCUT2D eigenvalue weighted by Crippen LogP contribution is -2.42. The summed E-state index contributed by atoms with van der Waals surface area (Å²) in [6.07, 6.45) is -0.0524.